The highest BCUT2D eigenvalue weighted by Gasteiger charge is 2.08. The van der Waals surface area contributed by atoms with Crippen molar-refractivity contribution in [1.29, 1.82) is 0 Å². The van der Waals surface area contributed by atoms with Gasteiger partial charge >= 0.3 is 0 Å². The second-order valence-corrected chi connectivity index (χ2v) is 5.36. The van der Waals surface area contributed by atoms with E-state index in [1.54, 1.807) is 18.2 Å². The number of nitrogens with zero attached hydrogens (tertiary/aromatic N) is 1. The molecule has 0 amide bonds. The lowest BCUT2D eigenvalue weighted by Gasteiger charge is -2.09. The van der Waals surface area contributed by atoms with Crippen molar-refractivity contribution in [1.82, 2.24) is 4.98 Å². The van der Waals surface area contributed by atoms with E-state index in [1.165, 1.54) is 0 Å². The summed E-state index contributed by atoms with van der Waals surface area (Å²) >= 11 is 12.5. The number of pyridine rings is 1. The van der Waals surface area contributed by atoms with Crippen LogP contribution in [0.2, 0.25) is 5.15 Å². The Hall–Kier alpha value is -0.780. The molecular formula is C11H7Br2ClN2O. The molecule has 2 rings (SSSR count). The van der Waals surface area contributed by atoms with Gasteiger partial charge in [-0.3, -0.25) is 0 Å². The molecule has 17 heavy (non-hydrogen) atoms. The molecule has 0 fully saturated rings. The van der Waals surface area contributed by atoms with Crippen molar-refractivity contribution in [3.05, 3.63) is 44.4 Å². The molecule has 88 valence electrons. The molecular weight excluding hydrogens is 371 g/mol. The Kier molecular flexibility index (Phi) is 3.91. The van der Waals surface area contributed by atoms with E-state index in [0.29, 0.717) is 22.5 Å². The number of halogens is 3. The first kappa shape index (κ1) is 12.7. The van der Waals surface area contributed by atoms with Gasteiger partial charge in [0.15, 0.2) is 0 Å². The SMILES string of the molecule is Nc1ccc(Cl)nc1Oc1ccc(Br)cc1Br. The zero-order valence-corrected chi connectivity index (χ0v) is 12.4. The highest BCUT2D eigenvalue weighted by Crippen LogP contribution is 2.33. The van der Waals surface area contributed by atoms with Crippen LogP contribution >= 0.6 is 43.5 Å². The third-order valence-corrected chi connectivity index (χ3v) is 3.28. The number of nitrogens with two attached hydrogens (primary N) is 1. The molecule has 6 heteroatoms. The van der Waals surface area contributed by atoms with Gasteiger partial charge in [0.25, 0.3) is 0 Å². The van der Waals surface area contributed by atoms with E-state index >= 15 is 0 Å². The third-order valence-electron chi connectivity index (χ3n) is 1.96. The maximum Gasteiger partial charge on any atom is 0.244 e. The number of anilines is 1. The first-order chi connectivity index (χ1) is 8.06. The lowest BCUT2D eigenvalue weighted by Crippen LogP contribution is -1.95. The van der Waals surface area contributed by atoms with Gasteiger partial charge < -0.3 is 10.5 Å². The molecule has 0 spiro atoms. The average molecular weight is 378 g/mol. The number of hydrogen-bond acceptors (Lipinski definition) is 3. The molecule has 1 heterocycles. The monoisotopic (exact) mass is 376 g/mol. The van der Waals surface area contributed by atoms with Gasteiger partial charge in [0.1, 0.15) is 10.9 Å². The van der Waals surface area contributed by atoms with Crippen molar-refractivity contribution in [2.24, 2.45) is 0 Å². The minimum atomic E-state index is 0.292. The van der Waals surface area contributed by atoms with Gasteiger partial charge in [-0.15, -0.1) is 0 Å². The van der Waals surface area contributed by atoms with Crippen LogP contribution in [0.5, 0.6) is 11.6 Å². The first-order valence-corrected chi connectivity index (χ1v) is 6.57. The van der Waals surface area contributed by atoms with E-state index in [0.717, 1.165) is 8.95 Å². The standard InChI is InChI=1S/C11H7Br2ClN2O/c12-6-1-3-9(7(13)5-6)17-11-8(15)2-4-10(14)16-11/h1-5H,15H2. The van der Waals surface area contributed by atoms with Crippen LogP contribution in [0, 0.1) is 0 Å². The Labute approximate surface area is 120 Å². The molecule has 0 radical (unpaired) electrons. The molecule has 0 saturated heterocycles. The summed E-state index contributed by atoms with van der Waals surface area (Å²) in [4.78, 5) is 4.02. The fraction of sp³-hybridized carbons (Fsp3) is 0. The van der Waals surface area contributed by atoms with Crippen molar-refractivity contribution in [2.75, 3.05) is 5.73 Å². The van der Waals surface area contributed by atoms with E-state index in [4.69, 9.17) is 22.1 Å². The van der Waals surface area contributed by atoms with Crippen LogP contribution in [0.1, 0.15) is 0 Å². The Morgan fingerprint density at radius 2 is 1.94 bits per heavy atom. The minimum absolute atomic E-state index is 0.292. The lowest BCUT2D eigenvalue weighted by atomic mass is 10.3. The van der Waals surface area contributed by atoms with E-state index in [1.807, 2.05) is 12.1 Å². The van der Waals surface area contributed by atoms with Gasteiger partial charge in [0.05, 0.1) is 10.2 Å². The van der Waals surface area contributed by atoms with Crippen molar-refractivity contribution in [3.63, 3.8) is 0 Å². The molecule has 1 aromatic carbocycles. The van der Waals surface area contributed by atoms with Crippen LogP contribution in [0.4, 0.5) is 5.69 Å². The molecule has 0 atom stereocenters. The van der Waals surface area contributed by atoms with E-state index in [9.17, 15) is 0 Å². The lowest BCUT2D eigenvalue weighted by molar-refractivity contribution is 0.463. The Balaban J connectivity index is 2.34. The summed E-state index contributed by atoms with van der Waals surface area (Å²) in [5.74, 6) is 0.912. The molecule has 0 aliphatic rings. The molecule has 3 nitrogen and oxygen atoms in total. The van der Waals surface area contributed by atoms with Crippen molar-refractivity contribution in [3.8, 4) is 11.6 Å². The maximum atomic E-state index is 5.78. The minimum Gasteiger partial charge on any atom is -0.436 e. The molecule has 2 N–H and O–H groups in total. The molecule has 0 unspecified atom stereocenters. The van der Waals surface area contributed by atoms with E-state index in [2.05, 4.69) is 36.8 Å². The smallest absolute Gasteiger partial charge is 0.244 e. The molecule has 0 saturated carbocycles. The maximum absolute atomic E-state index is 5.78. The predicted molar refractivity (Wildman–Crippen MR) is 75.6 cm³/mol. The van der Waals surface area contributed by atoms with Crippen LogP contribution in [-0.2, 0) is 0 Å². The number of hydrogen-bond donors (Lipinski definition) is 1. The van der Waals surface area contributed by atoms with Crippen LogP contribution in [0.15, 0.2) is 39.3 Å². The summed E-state index contributed by atoms with van der Waals surface area (Å²) < 4.78 is 7.33. The Bertz CT molecular complexity index is 563. The summed E-state index contributed by atoms with van der Waals surface area (Å²) in [5.41, 5.74) is 6.18. The van der Waals surface area contributed by atoms with Crippen molar-refractivity contribution < 1.29 is 4.74 Å². The van der Waals surface area contributed by atoms with Gasteiger partial charge in [-0.25, -0.2) is 0 Å². The van der Waals surface area contributed by atoms with E-state index < -0.39 is 0 Å². The summed E-state index contributed by atoms with van der Waals surface area (Å²) in [6.45, 7) is 0. The second kappa shape index (κ2) is 5.25. The van der Waals surface area contributed by atoms with Crippen LogP contribution in [0.25, 0.3) is 0 Å². The van der Waals surface area contributed by atoms with Crippen LogP contribution in [-0.4, -0.2) is 4.98 Å². The second-order valence-electron chi connectivity index (χ2n) is 3.21. The first-order valence-electron chi connectivity index (χ1n) is 4.61. The largest absolute Gasteiger partial charge is 0.436 e. The third kappa shape index (κ3) is 3.12. The molecule has 0 aliphatic carbocycles. The van der Waals surface area contributed by atoms with Crippen molar-refractivity contribution in [2.45, 2.75) is 0 Å². The number of benzene rings is 1. The highest BCUT2D eigenvalue weighted by molar-refractivity contribution is 9.11. The number of nitrogen functional groups attached to an aromatic ring is 1. The summed E-state index contributed by atoms with van der Waals surface area (Å²) in [5, 5.41) is 0.336. The van der Waals surface area contributed by atoms with Gasteiger partial charge in [0, 0.05) is 4.47 Å². The van der Waals surface area contributed by atoms with Crippen molar-refractivity contribution >= 4 is 49.1 Å². The molecule has 1 aromatic heterocycles. The summed E-state index contributed by atoms with van der Waals surface area (Å²) in [6, 6.07) is 8.80. The Morgan fingerprint density at radius 1 is 1.18 bits per heavy atom. The van der Waals surface area contributed by atoms with Gasteiger partial charge in [-0.05, 0) is 46.3 Å². The topological polar surface area (TPSA) is 48.1 Å². The molecule has 2 aromatic rings. The Morgan fingerprint density at radius 3 is 2.65 bits per heavy atom. The zero-order valence-electron chi connectivity index (χ0n) is 8.45. The fourth-order valence-electron chi connectivity index (χ4n) is 1.17. The van der Waals surface area contributed by atoms with Crippen LogP contribution < -0.4 is 10.5 Å². The quantitative estimate of drug-likeness (QED) is 0.775. The molecule has 0 aliphatic heterocycles. The number of ether oxygens (including phenoxy) is 1. The molecule has 0 bridgehead atoms. The highest BCUT2D eigenvalue weighted by atomic mass is 79.9. The normalized spacial score (nSPS) is 10.3. The van der Waals surface area contributed by atoms with Gasteiger partial charge in [-0.2, -0.15) is 4.98 Å². The van der Waals surface area contributed by atoms with Gasteiger partial charge in [0.2, 0.25) is 5.88 Å². The average Bonchev–Trinajstić information content (AvgIpc) is 2.27. The number of aromatic nitrogens is 1. The summed E-state index contributed by atoms with van der Waals surface area (Å²) in [7, 11) is 0. The fourth-order valence-corrected chi connectivity index (χ4v) is 2.44. The van der Waals surface area contributed by atoms with Gasteiger partial charge in [-0.1, -0.05) is 27.5 Å². The summed E-state index contributed by atoms with van der Waals surface area (Å²) in [6.07, 6.45) is 0. The zero-order chi connectivity index (χ0) is 12.4. The van der Waals surface area contributed by atoms with E-state index in [-0.39, 0.29) is 0 Å². The van der Waals surface area contributed by atoms with Crippen LogP contribution in [0.3, 0.4) is 0 Å². The predicted octanol–water partition coefficient (Wildman–Crippen LogP) is 4.63. The number of rotatable bonds is 2.